The van der Waals surface area contributed by atoms with Gasteiger partial charge in [0, 0.05) is 23.4 Å². The first-order chi connectivity index (χ1) is 15.5. The smallest absolute Gasteiger partial charge is 0.274 e. The molecule has 4 N–H and O–H groups in total. The van der Waals surface area contributed by atoms with E-state index in [1.54, 1.807) is 41.9 Å². The number of aromatic amines is 1. The minimum Gasteiger partial charge on any atom is -0.350 e. The van der Waals surface area contributed by atoms with Gasteiger partial charge in [-0.25, -0.2) is 9.87 Å². The Labute approximate surface area is 183 Å². The van der Waals surface area contributed by atoms with Crippen LogP contribution in [0.2, 0.25) is 0 Å². The predicted molar refractivity (Wildman–Crippen MR) is 118 cm³/mol. The van der Waals surface area contributed by atoms with Crippen molar-refractivity contribution in [1.29, 1.82) is 0 Å². The van der Waals surface area contributed by atoms with E-state index < -0.39 is 5.91 Å². The van der Waals surface area contributed by atoms with E-state index in [-0.39, 0.29) is 18.3 Å². The zero-order chi connectivity index (χ0) is 22.5. The van der Waals surface area contributed by atoms with Crippen molar-refractivity contribution < 1.29 is 19.2 Å². The maximum Gasteiger partial charge on any atom is 0.274 e. The molecule has 32 heavy (non-hydrogen) atoms. The van der Waals surface area contributed by atoms with Gasteiger partial charge in [0.2, 0.25) is 0 Å². The lowest BCUT2D eigenvalue weighted by Gasteiger charge is -2.08. The summed E-state index contributed by atoms with van der Waals surface area (Å²) in [6.07, 6.45) is 0. The molecule has 0 aliphatic carbocycles. The number of carbonyl (C=O) groups is 2. The summed E-state index contributed by atoms with van der Waals surface area (Å²) in [6, 6.07) is 24.0. The van der Waals surface area contributed by atoms with Crippen LogP contribution in [0.5, 0.6) is 0 Å². The van der Waals surface area contributed by atoms with Gasteiger partial charge in [0.1, 0.15) is 11.5 Å². The molecule has 6 nitrogen and oxygen atoms in total. The summed E-state index contributed by atoms with van der Waals surface area (Å²) >= 11 is 0. The summed E-state index contributed by atoms with van der Waals surface area (Å²) in [5.41, 5.74) is 6.11. The molecule has 160 valence electrons. The molecule has 3 aromatic carbocycles. The molecule has 1 aromatic heterocycles. The van der Waals surface area contributed by atoms with Crippen molar-refractivity contribution in [3.8, 4) is 22.4 Å². The molecule has 0 fully saturated rings. The third-order valence-electron chi connectivity index (χ3n) is 5.06. The lowest BCUT2D eigenvalue weighted by atomic mass is 10.0. The van der Waals surface area contributed by atoms with E-state index in [9.17, 15) is 14.0 Å². The fourth-order valence-electron chi connectivity index (χ4n) is 3.37. The van der Waals surface area contributed by atoms with E-state index in [1.165, 1.54) is 12.1 Å². The van der Waals surface area contributed by atoms with Crippen LogP contribution in [0.4, 0.5) is 4.39 Å². The Kier molecular flexibility index (Phi) is 6.10. The topological polar surface area (TPSA) is 94.2 Å². The highest BCUT2D eigenvalue weighted by molar-refractivity contribution is 6.00. The number of hydroxylamine groups is 1. The third kappa shape index (κ3) is 4.58. The van der Waals surface area contributed by atoms with Crippen molar-refractivity contribution in [2.24, 2.45) is 0 Å². The molecule has 0 atom stereocenters. The number of H-pyrrole nitrogens is 1. The fourth-order valence-corrected chi connectivity index (χ4v) is 3.37. The SMILES string of the molecule is O=C(NO)c1ccc(CNC(=O)c2[nH]c(-c3ccccc3)cc2-c2ccc(F)cc2)cc1. The van der Waals surface area contributed by atoms with Crippen LogP contribution in [0.3, 0.4) is 0 Å². The van der Waals surface area contributed by atoms with Gasteiger partial charge in [-0.05, 0) is 47.0 Å². The lowest BCUT2D eigenvalue weighted by Crippen LogP contribution is -2.24. The molecule has 7 heteroatoms. The van der Waals surface area contributed by atoms with Crippen molar-refractivity contribution in [3.05, 3.63) is 108 Å². The first-order valence-corrected chi connectivity index (χ1v) is 9.91. The Hall–Kier alpha value is -4.23. The van der Waals surface area contributed by atoms with Gasteiger partial charge in [-0.3, -0.25) is 14.8 Å². The Morgan fingerprint density at radius 2 is 1.53 bits per heavy atom. The summed E-state index contributed by atoms with van der Waals surface area (Å²) in [6.45, 7) is 0.238. The van der Waals surface area contributed by atoms with Gasteiger partial charge in [0.05, 0.1) is 0 Å². The van der Waals surface area contributed by atoms with Crippen LogP contribution < -0.4 is 10.8 Å². The maximum absolute atomic E-state index is 13.4. The lowest BCUT2D eigenvalue weighted by molar-refractivity contribution is 0.0706. The molecule has 0 spiro atoms. The van der Waals surface area contributed by atoms with E-state index in [1.807, 2.05) is 36.4 Å². The van der Waals surface area contributed by atoms with E-state index in [0.29, 0.717) is 22.4 Å². The molecular weight excluding hydrogens is 409 g/mol. The number of amides is 2. The summed E-state index contributed by atoms with van der Waals surface area (Å²) in [7, 11) is 0. The van der Waals surface area contributed by atoms with Gasteiger partial charge in [-0.2, -0.15) is 0 Å². The molecule has 2 amide bonds. The largest absolute Gasteiger partial charge is 0.350 e. The summed E-state index contributed by atoms with van der Waals surface area (Å²) in [5, 5.41) is 11.6. The van der Waals surface area contributed by atoms with Gasteiger partial charge in [0.15, 0.2) is 0 Å². The quantitative estimate of drug-likeness (QED) is 0.268. The Morgan fingerprint density at radius 3 is 2.19 bits per heavy atom. The highest BCUT2D eigenvalue weighted by Gasteiger charge is 2.18. The predicted octanol–water partition coefficient (Wildman–Crippen LogP) is 4.54. The van der Waals surface area contributed by atoms with Gasteiger partial charge in [-0.1, -0.05) is 54.6 Å². The average molecular weight is 429 g/mol. The van der Waals surface area contributed by atoms with Crippen LogP contribution in [0, 0.1) is 5.82 Å². The number of carbonyl (C=O) groups excluding carboxylic acids is 2. The number of aromatic nitrogens is 1. The highest BCUT2D eigenvalue weighted by Crippen LogP contribution is 2.30. The highest BCUT2D eigenvalue weighted by atomic mass is 19.1. The number of rotatable bonds is 6. The van der Waals surface area contributed by atoms with E-state index >= 15 is 0 Å². The number of hydrogen-bond donors (Lipinski definition) is 4. The zero-order valence-corrected chi connectivity index (χ0v) is 16.9. The number of benzene rings is 3. The molecule has 4 rings (SSSR count). The molecule has 0 aliphatic rings. The molecular formula is C25H20FN3O3. The molecule has 0 saturated heterocycles. The van der Waals surface area contributed by atoms with Gasteiger partial charge < -0.3 is 10.3 Å². The van der Waals surface area contributed by atoms with E-state index in [2.05, 4.69) is 10.3 Å². The summed E-state index contributed by atoms with van der Waals surface area (Å²) in [4.78, 5) is 27.7. The second kappa shape index (κ2) is 9.28. The normalized spacial score (nSPS) is 10.6. The summed E-state index contributed by atoms with van der Waals surface area (Å²) in [5.74, 6) is -1.27. The molecule has 0 unspecified atom stereocenters. The Bertz CT molecular complexity index is 1230. The molecule has 1 heterocycles. The van der Waals surface area contributed by atoms with Crippen LogP contribution in [-0.4, -0.2) is 22.0 Å². The minimum absolute atomic E-state index is 0.238. The second-order valence-electron chi connectivity index (χ2n) is 7.17. The number of nitrogens with one attached hydrogen (secondary N) is 3. The number of halogens is 1. The van der Waals surface area contributed by atoms with Gasteiger partial charge in [0.25, 0.3) is 11.8 Å². The van der Waals surface area contributed by atoms with Crippen molar-refractivity contribution in [2.75, 3.05) is 0 Å². The van der Waals surface area contributed by atoms with Crippen molar-refractivity contribution >= 4 is 11.8 Å². The number of hydrogen-bond acceptors (Lipinski definition) is 3. The van der Waals surface area contributed by atoms with Crippen LogP contribution in [0.15, 0.2) is 84.9 Å². The molecule has 0 radical (unpaired) electrons. The van der Waals surface area contributed by atoms with Crippen molar-refractivity contribution in [3.63, 3.8) is 0 Å². The van der Waals surface area contributed by atoms with Crippen LogP contribution in [0.25, 0.3) is 22.4 Å². The maximum atomic E-state index is 13.4. The molecule has 0 aliphatic heterocycles. The second-order valence-corrected chi connectivity index (χ2v) is 7.17. The molecule has 0 bridgehead atoms. The average Bonchev–Trinajstić information content (AvgIpc) is 3.29. The zero-order valence-electron chi connectivity index (χ0n) is 16.9. The van der Waals surface area contributed by atoms with Gasteiger partial charge in [-0.15, -0.1) is 0 Å². The monoisotopic (exact) mass is 429 g/mol. The summed E-state index contributed by atoms with van der Waals surface area (Å²) < 4.78 is 13.4. The van der Waals surface area contributed by atoms with Crippen molar-refractivity contribution in [2.45, 2.75) is 6.54 Å². The standard InChI is InChI=1S/C25H20FN3O3/c26-20-12-10-17(11-13-20)21-14-22(18-4-2-1-3-5-18)28-23(21)25(31)27-15-16-6-8-19(9-7-16)24(30)29-32/h1-14,28,32H,15H2,(H,27,31)(H,29,30). The van der Waals surface area contributed by atoms with Crippen LogP contribution in [-0.2, 0) is 6.54 Å². The fraction of sp³-hybridized carbons (Fsp3) is 0.0400. The third-order valence-corrected chi connectivity index (χ3v) is 5.06. The molecule has 0 saturated carbocycles. The first kappa shape index (κ1) is 21.0. The molecule has 4 aromatic rings. The van der Waals surface area contributed by atoms with Gasteiger partial charge >= 0.3 is 0 Å². The Balaban J connectivity index is 1.59. The first-order valence-electron chi connectivity index (χ1n) is 9.91. The van der Waals surface area contributed by atoms with Crippen LogP contribution >= 0.6 is 0 Å². The van der Waals surface area contributed by atoms with E-state index in [4.69, 9.17) is 5.21 Å². The van der Waals surface area contributed by atoms with E-state index in [0.717, 1.165) is 16.8 Å². The Morgan fingerprint density at radius 1 is 0.844 bits per heavy atom. The van der Waals surface area contributed by atoms with Crippen LogP contribution in [0.1, 0.15) is 26.4 Å². The minimum atomic E-state index is -0.607. The van der Waals surface area contributed by atoms with Crippen molar-refractivity contribution in [1.82, 2.24) is 15.8 Å².